The van der Waals surface area contributed by atoms with Gasteiger partial charge in [-0.2, -0.15) is 0 Å². The van der Waals surface area contributed by atoms with Gasteiger partial charge in [-0.15, -0.1) is 0 Å². The Morgan fingerprint density at radius 2 is 1.87 bits per heavy atom. The van der Waals surface area contributed by atoms with Gasteiger partial charge in [0.15, 0.2) is 0 Å². The topological polar surface area (TPSA) is 41.1 Å². The van der Waals surface area contributed by atoms with Crippen molar-refractivity contribution in [1.29, 1.82) is 0 Å². The molecule has 0 saturated carbocycles. The second kappa shape index (κ2) is 10.3. The monoisotopic (exact) mass is 378 g/mol. The summed E-state index contributed by atoms with van der Waals surface area (Å²) in [5, 5.41) is 5.84. The van der Waals surface area contributed by atoms with E-state index in [2.05, 4.69) is 17.6 Å². The number of hydrogen-bond acceptors (Lipinski definition) is 2. The molecule has 0 aromatic heterocycles. The van der Waals surface area contributed by atoms with Crippen molar-refractivity contribution in [3.05, 3.63) is 29.8 Å². The molecule has 0 saturated heterocycles. The van der Waals surface area contributed by atoms with Crippen LogP contribution in [0.15, 0.2) is 24.3 Å². The van der Waals surface area contributed by atoms with Gasteiger partial charge in [-0.25, -0.2) is 0 Å². The summed E-state index contributed by atoms with van der Waals surface area (Å²) in [7, 11) is 0. The molecule has 0 fully saturated rings. The van der Waals surface area contributed by atoms with Crippen LogP contribution in [0, 0.1) is 6.92 Å². The van der Waals surface area contributed by atoms with E-state index in [0.29, 0.717) is 6.42 Å². The van der Waals surface area contributed by atoms with Crippen LogP contribution in [0.4, 0.5) is 5.69 Å². The van der Waals surface area contributed by atoms with Crippen molar-refractivity contribution in [2.24, 2.45) is 0 Å². The molecule has 0 radical (unpaired) electrons. The highest BCUT2D eigenvalue weighted by molar-refractivity contribution is 6.68. The lowest BCUT2D eigenvalue weighted by atomic mass is 10.1. The summed E-state index contributed by atoms with van der Waals surface area (Å²) in [4.78, 5) is 12.1. The van der Waals surface area contributed by atoms with Gasteiger partial charge in [0.05, 0.1) is 0 Å². The Bertz CT molecular complexity index is 489. The second-order valence-corrected chi connectivity index (χ2v) is 8.09. The van der Waals surface area contributed by atoms with E-state index in [-0.39, 0.29) is 5.91 Å². The van der Waals surface area contributed by atoms with Crippen molar-refractivity contribution < 1.29 is 4.79 Å². The molecule has 1 rings (SSSR count). The van der Waals surface area contributed by atoms with Crippen LogP contribution < -0.4 is 10.6 Å². The molecule has 0 aliphatic rings. The Kier molecular flexibility index (Phi) is 9.11. The molecule has 130 valence electrons. The Morgan fingerprint density at radius 3 is 2.48 bits per heavy atom. The fourth-order valence-electron chi connectivity index (χ4n) is 2.22. The maximum Gasteiger partial charge on any atom is 0.228 e. The van der Waals surface area contributed by atoms with Crippen molar-refractivity contribution in [3.8, 4) is 0 Å². The van der Waals surface area contributed by atoms with Crippen molar-refractivity contribution in [1.82, 2.24) is 5.32 Å². The van der Waals surface area contributed by atoms with Crippen molar-refractivity contribution in [2.75, 3.05) is 5.32 Å². The van der Waals surface area contributed by atoms with Gasteiger partial charge in [-0.05, 0) is 31.0 Å². The molecule has 0 aliphatic heterocycles. The maximum absolute atomic E-state index is 12.1. The van der Waals surface area contributed by atoms with E-state index in [0.717, 1.165) is 30.5 Å². The number of nitrogens with one attached hydrogen (secondary N) is 2. The molecule has 0 bridgehead atoms. The third-order valence-electron chi connectivity index (χ3n) is 3.47. The van der Waals surface area contributed by atoms with E-state index in [1.807, 2.05) is 31.2 Å². The number of benzene rings is 1. The minimum Gasteiger partial charge on any atom is -0.362 e. The van der Waals surface area contributed by atoms with Crippen LogP contribution in [-0.4, -0.2) is 15.9 Å². The Balaban J connectivity index is 2.53. The highest BCUT2D eigenvalue weighted by Crippen LogP contribution is 2.31. The number of carbonyl (C=O) groups excluding carboxylic acids is 1. The molecule has 1 amide bonds. The van der Waals surface area contributed by atoms with Gasteiger partial charge in [0, 0.05) is 12.1 Å². The van der Waals surface area contributed by atoms with Gasteiger partial charge in [0.25, 0.3) is 0 Å². The van der Waals surface area contributed by atoms with Gasteiger partial charge in [-0.1, -0.05) is 79.5 Å². The maximum atomic E-state index is 12.1. The Hall–Kier alpha value is -0.640. The minimum atomic E-state index is -1.64. The number of amides is 1. The molecule has 2 N–H and O–H groups in total. The van der Waals surface area contributed by atoms with Crippen LogP contribution in [0.25, 0.3) is 0 Å². The molecule has 0 unspecified atom stereocenters. The quantitative estimate of drug-likeness (QED) is 0.334. The van der Waals surface area contributed by atoms with Crippen LogP contribution in [0.5, 0.6) is 0 Å². The summed E-state index contributed by atoms with van der Waals surface area (Å²) in [6, 6.07) is 7.68. The molecule has 0 spiro atoms. The third-order valence-corrected chi connectivity index (χ3v) is 4.12. The summed E-state index contributed by atoms with van der Waals surface area (Å²) in [5.74, 6) is -0.113. The lowest BCUT2D eigenvalue weighted by Crippen LogP contribution is -2.49. The highest BCUT2D eigenvalue weighted by atomic mass is 35.6. The molecular weight excluding hydrogens is 355 g/mol. The predicted octanol–water partition coefficient (Wildman–Crippen LogP) is 5.58. The fourth-order valence-corrected chi connectivity index (χ4v) is 2.55. The predicted molar refractivity (Wildman–Crippen MR) is 100 cm³/mol. The van der Waals surface area contributed by atoms with Gasteiger partial charge >= 0.3 is 0 Å². The van der Waals surface area contributed by atoms with Crippen LogP contribution in [0.2, 0.25) is 0 Å². The molecule has 1 aromatic carbocycles. The summed E-state index contributed by atoms with van der Waals surface area (Å²) in [6.45, 7) is 4.14. The zero-order valence-electron chi connectivity index (χ0n) is 13.7. The molecule has 23 heavy (non-hydrogen) atoms. The first kappa shape index (κ1) is 20.4. The number of anilines is 1. The van der Waals surface area contributed by atoms with Crippen LogP contribution in [-0.2, 0) is 4.79 Å². The van der Waals surface area contributed by atoms with Crippen molar-refractivity contribution >= 4 is 46.4 Å². The van der Waals surface area contributed by atoms with Gasteiger partial charge in [0.1, 0.15) is 6.17 Å². The van der Waals surface area contributed by atoms with Crippen molar-refractivity contribution in [3.63, 3.8) is 0 Å². The molecule has 0 heterocycles. The van der Waals surface area contributed by atoms with E-state index < -0.39 is 9.96 Å². The second-order valence-electron chi connectivity index (χ2n) is 5.72. The number of aryl methyl sites for hydroxylation is 1. The van der Waals surface area contributed by atoms with Gasteiger partial charge in [-0.3, -0.25) is 4.79 Å². The first-order chi connectivity index (χ1) is 10.8. The average Bonchev–Trinajstić information content (AvgIpc) is 2.45. The third kappa shape index (κ3) is 8.69. The summed E-state index contributed by atoms with van der Waals surface area (Å²) < 4.78 is -1.64. The van der Waals surface area contributed by atoms with E-state index in [1.54, 1.807) is 0 Å². The summed E-state index contributed by atoms with van der Waals surface area (Å²) >= 11 is 18.0. The number of alkyl halides is 3. The first-order valence-electron chi connectivity index (χ1n) is 8.02. The molecular formula is C17H25Cl3N2O. The number of hydrogen-bond donors (Lipinski definition) is 2. The minimum absolute atomic E-state index is 0.113. The zero-order valence-corrected chi connectivity index (χ0v) is 15.9. The molecule has 3 nitrogen and oxygen atoms in total. The summed E-state index contributed by atoms with van der Waals surface area (Å²) in [6.07, 6.45) is 5.09. The number of unbranched alkanes of at least 4 members (excludes halogenated alkanes) is 4. The molecule has 0 aliphatic carbocycles. The van der Waals surface area contributed by atoms with Crippen LogP contribution in [0.3, 0.4) is 0 Å². The Morgan fingerprint density at radius 1 is 1.17 bits per heavy atom. The average molecular weight is 380 g/mol. The highest BCUT2D eigenvalue weighted by Gasteiger charge is 2.33. The number of halogens is 3. The first-order valence-corrected chi connectivity index (χ1v) is 9.15. The fraction of sp³-hybridized carbons (Fsp3) is 0.588. The largest absolute Gasteiger partial charge is 0.362 e. The van der Waals surface area contributed by atoms with E-state index in [1.165, 1.54) is 12.8 Å². The van der Waals surface area contributed by atoms with Crippen molar-refractivity contribution in [2.45, 2.75) is 62.3 Å². The lowest BCUT2D eigenvalue weighted by molar-refractivity contribution is -0.121. The van der Waals surface area contributed by atoms with Crippen LogP contribution >= 0.6 is 34.8 Å². The van der Waals surface area contributed by atoms with Gasteiger partial charge < -0.3 is 10.6 Å². The SMILES string of the molecule is CCCCCCCC(=O)N[C@H](Nc1cccc(C)c1)C(Cl)(Cl)Cl. The van der Waals surface area contributed by atoms with E-state index in [9.17, 15) is 4.79 Å². The number of carbonyl (C=O) groups is 1. The molecule has 1 atom stereocenters. The Labute approximate surface area is 154 Å². The van der Waals surface area contributed by atoms with Crippen LogP contribution in [0.1, 0.15) is 51.0 Å². The summed E-state index contributed by atoms with van der Waals surface area (Å²) in [5.41, 5.74) is 1.88. The van der Waals surface area contributed by atoms with Gasteiger partial charge in [0.2, 0.25) is 9.70 Å². The molecule has 6 heteroatoms. The van der Waals surface area contributed by atoms with E-state index >= 15 is 0 Å². The van der Waals surface area contributed by atoms with E-state index in [4.69, 9.17) is 34.8 Å². The smallest absolute Gasteiger partial charge is 0.228 e. The standard InChI is InChI=1S/C17H25Cl3N2O/c1-3-4-5-6-7-11-15(23)22-16(17(18,19)20)21-14-10-8-9-13(2)12-14/h8-10,12,16,21H,3-7,11H2,1-2H3,(H,22,23)/t16-/m0/s1. The molecule has 1 aromatic rings. The number of rotatable bonds is 9. The lowest BCUT2D eigenvalue weighted by Gasteiger charge is -2.27. The normalized spacial score (nSPS) is 12.7. The zero-order chi connectivity index (χ0) is 17.3.